The highest BCUT2D eigenvalue weighted by Crippen LogP contribution is 2.34. The first-order chi connectivity index (χ1) is 13.1. The quantitative estimate of drug-likeness (QED) is 0.770. The molecule has 0 spiro atoms. The zero-order chi connectivity index (χ0) is 18.9. The summed E-state index contributed by atoms with van der Waals surface area (Å²) in [5.74, 6) is 0.559. The Hall–Kier alpha value is -2.92. The summed E-state index contributed by atoms with van der Waals surface area (Å²) in [6, 6.07) is 19.2. The third kappa shape index (κ3) is 3.38. The Bertz CT molecular complexity index is 927. The summed E-state index contributed by atoms with van der Waals surface area (Å²) in [4.78, 5) is 19.2. The van der Waals surface area contributed by atoms with Crippen LogP contribution in [0.15, 0.2) is 65.1 Å². The number of carbonyl (C=O) groups is 1. The Labute approximate surface area is 158 Å². The number of aliphatic hydroxyl groups is 1. The lowest BCUT2D eigenvalue weighted by molar-refractivity contribution is -0.0217. The predicted octanol–water partition coefficient (Wildman–Crippen LogP) is 3.77. The minimum atomic E-state index is -0.891. The first-order valence-electron chi connectivity index (χ1n) is 9.17. The van der Waals surface area contributed by atoms with E-state index in [4.69, 9.17) is 4.42 Å². The molecule has 1 aliphatic rings. The fourth-order valence-corrected chi connectivity index (χ4v) is 3.62. The van der Waals surface area contributed by atoms with E-state index in [1.54, 1.807) is 11.8 Å². The smallest absolute Gasteiger partial charge is 0.291 e. The van der Waals surface area contributed by atoms with Crippen molar-refractivity contribution in [3.63, 3.8) is 0 Å². The average Bonchev–Trinajstić information content (AvgIpc) is 3.11. The van der Waals surface area contributed by atoms with Gasteiger partial charge < -0.3 is 14.4 Å². The molecule has 5 nitrogen and oxygen atoms in total. The Balaban J connectivity index is 1.54. The van der Waals surface area contributed by atoms with Crippen LogP contribution in [0.25, 0.3) is 11.3 Å². The molecule has 1 N–H and O–H groups in total. The molecule has 0 saturated carbocycles. The first kappa shape index (κ1) is 17.5. The summed E-state index contributed by atoms with van der Waals surface area (Å²) in [7, 11) is 0. The molecular formula is C22H22N2O3. The highest BCUT2D eigenvalue weighted by molar-refractivity contribution is 5.97. The second-order valence-electron chi connectivity index (χ2n) is 6.97. The number of oxazole rings is 1. The Morgan fingerprint density at radius 2 is 1.63 bits per heavy atom. The summed E-state index contributed by atoms with van der Waals surface area (Å²) < 4.78 is 5.66. The molecule has 1 fully saturated rings. The van der Waals surface area contributed by atoms with Gasteiger partial charge in [0.05, 0.1) is 5.60 Å². The van der Waals surface area contributed by atoms with Gasteiger partial charge in [0.15, 0.2) is 5.89 Å². The van der Waals surface area contributed by atoms with Gasteiger partial charge in [-0.3, -0.25) is 4.79 Å². The fourth-order valence-electron chi connectivity index (χ4n) is 3.62. The molecule has 27 heavy (non-hydrogen) atoms. The lowest BCUT2D eigenvalue weighted by Gasteiger charge is -2.38. The number of aromatic nitrogens is 1. The molecule has 1 amide bonds. The van der Waals surface area contributed by atoms with E-state index in [1.807, 2.05) is 60.7 Å². The van der Waals surface area contributed by atoms with Crippen LogP contribution < -0.4 is 0 Å². The van der Waals surface area contributed by atoms with Crippen molar-refractivity contribution in [2.24, 2.45) is 0 Å². The molecule has 3 aromatic rings. The van der Waals surface area contributed by atoms with Crippen LogP contribution in [-0.4, -0.2) is 34.0 Å². The highest BCUT2D eigenvalue weighted by atomic mass is 16.4. The van der Waals surface area contributed by atoms with E-state index in [0.717, 1.165) is 11.1 Å². The van der Waals surface area contributed by atoms with Crippen LogP contribution >= 0.6 is 0 Å². The number of likely N-dealkylation sites (tertiary alicyclic amines) is 1. The van der Waals surface area contributed by atoms with Crippen molar-refractivity contribution in [3.8, 4) is 11.3 Å². The number of carbonyl (C=O) groups excluding carboxylic acids is 1. The molecule has 1 saturated heterocycles. The molecule has 4 rings (SSSR count). The number of piperidine rings is 1. The van der Waals surface area contributed by atoms with Crippen LogP contribution in [0, 0.1) is 6.92 Å². The summed E-state index contributed by atoms with van der Waals surface area (Å²) in [6.45, 7) is 2.68. The normalized spacial score (nSPS) is 16.3. The largest absolute Gasteiger partial charge is 0.435 e. The molecule has 0 atom stereocenters. The van der Waals surface area contributed by atoms with E-state index in [1.165, 1.54) is 0 Å². The van der Waals surface area contributed by atoms with E-state index in [0.29, 0.717) is 37.5 Å². The van der Waals surface area contributed by atoms with Crippen LogP contribution in [0.3, 0.4) is 0 Å². The van der Waals surface area contributed by atoms with Gasteiger partial charge in [-0.15, -0.1) is 0 Å². The summed E-state index contributed by atoms with van der Waals surface area (Å²) >= 11 is 0. The zero-order valence-corrected chi connectivity index (χ0v) is 15.3. The van der Waals surface area contributed by atoms with Crippen LogP contribution in [-0.2, 0) is 5.60 Å². The highest BCUT2D eigenvalue weighted by Gasteiger charge is 2.37. The second-order valence-corrected chi connectivity index (χ2v) is 6.97. The molecule has 1 aliphatic heterocycles. The molecule has 138 valence electrons. The van der Waals surface area contributed by atoms with Crippen LogP contribution in [0.2, 0.25) is 0 Å². The van der Waals surface area contributed by atoms with Crippen molar-refractivity contribution in [2.75, 3.05) is 13.1 Å². The average molecular weight is 362 g/mol. The molecule has 0 bridgehead atoms. The topological polar surface area (TPSA) is 66.6 Å². The van der Waals surface area contributed by atoms with Crippen molar-refractivity contribution in [1.82, 2.24) is 9.88 Å². The summed E-state index contributed by atoms with van der Waals surface area (Å²) in [5.41, 5.74) is 1.44. The number of aryl methyl sites for hydroxylation is 1. The maximum Gasteiger partial charge on any atom is 0.291 e. The Kier molecular flexibility index (Phi) is 4.54. The lowest BCUT2D eigenvalue weighted by atomic mass is 9.84. The van der Waals surface area contributed by atoms with Crippen LogP contribution in [0.1, 0.15) is 34.9 Å². The minimum Gasteiger partial charge on any atom is -0.435 e. The molecular weight excluding hydrogens is 340 g/mol. The number of benzene rings is 2. The maximum atomic E-state index is 13.1. The van der Waals surface area contributed by atoms with Gasteiger partial charge in [0.1, 0.15) is 5.69 Å². The van der Waals surface area contributed by atoms with Crippen molar-refractivity contribution < 1.29 is 14.3 Å². The number of hydrogen-bond donors (Lipinski definition) is 1. The Morgan fingerprint density at radius 3 is 2.26 bits per heavy atom. The van der Waals surface area contributed by atoms with E-state index < -0.39 is 5.60 Å². The van der Waals surface area contributed by atoms with E-state index in [2.05, 4.69) is 4.98 Å². The molecule has 5 heteroatoms. The summed E-state index contributed by atoms with van der Waals surface area (Å²) in [6.07, 6.45) is 0.993. The van der Waals surface area contributed by atoms with Crippen LogP contribution in [0.4, 0.5) is 0 Å². The molecule has 2 aromatic carbocycles. The van der Waals surface area contributed by atoms with Crippen molar-refractivity contribution in [1.29, 1.82) is 0 Å². The van der Waals surface area contributed by atoms with E-state index in [9.17, 15) is 9.90 Å². The van der Waals surface area contributed by atoms with Crippen molar-refractivity contribution in [3.05, 3.63) is 77.9 Å². The first-order valence-corrected chi connectivity index (χ1v) is 9.17. The third-order valence-electron chi connectivity index (χ3n) is 5.16. The van der Waals surface area contributed by atoms with Gasteiger partial charge in [0, 0.05) is 25.6 Å². The van der Waals surface area contributed by atoms with E-state index in [-0.39, 0.29) is 11.7 Å². The number of rotatable bonds is 3. The van der Waals surface area contributed by atoms with Gasteiger partial charge >= 0.3 is 0 Å². The maximum absolute atomic E-state index is 13.1. The van der Waals surface area contributed by atoms with Gasteiger partial charge in [-0.1, -0.05) is 60.7 Å². The predicted molar refractivity (Wildman–Crippen MR) is 102 cm³/mol. The lowest BCUT2D eigenvalue weighted by Crippen LogP contribution is -2.45. The van der Waals surface area contributed by atoms with Gasteiger partial charge in [0.25, 0.3) is 5.91 Å². The summed E-state index contributed by atoms with van der Waals surface area (Å²) in [5, 5.41) is 11.0. The standard InChI is InChI=1S/C22H22N2O3/c1-16-23-19(17-8-4-2-5-9-17)20(27-16)21(25)24-14-12-22(26,13-15-24)18-10-6-3-7-11-18/h2-11,26H,12-15H2,1H3. The number of amides is 1. The minimum absolute atomic E-state index is 0.176. The third-order valence-corrected chi connectivity index (χ3v) is 5.16. The van der Waals surface area contributed by atoms with Gasteiger partial charge in [0.2, 0.25) is 5.76 Å². The van der Waals surface area contributed by atoms with Crippen molar-refractivity contribution >= 4 is 5.91 Å². The molecule has 2 heterocycles. The fraction of sp³-hybridized carbons (Fsp3) is 0.273. The molecule has 0 aliphatic carbocycles. The van der Waals surface area contributed by atoms with E-state index >= 15 is 0 Å². The van der Waals surface area contributed by atoms with Gasteiger partial charge in [-0.25, -0.2) is 4.98 Å². The monoisotopic (exact) mass is 362 g/mol. The SMILES string of the molecule is Cc1nc(-c2ccccc2)c(C(=O)N2CCC(O)(c3ccccc3)CC2)o1. The number of nitrogens with zero attached hydrogens (tertiary/aromatic N) is 2. The second kappa shape index (κ2) is 7.00. The Morgan fingerprint density at radius 1 is 1.04 bits per heavy atom. The number of hydrogen-bond acceptors (Lipinski definition) is 4. The zero-order valence-electron chi connectivity index (χ0n) is 15.3. The van der Waals surface area contributed by atoms with Crippen molar-refractivity contribution in [2.45, 2.75) is 25.4 Å². The molecule has 0 radical (unpaired) electrons. The molecule has 1 aromatic heterocycles. The van der Waals surface area contributed by atoms with Crippen LogP contribution in [0.5, 0.6) is 0 Å². The van der Waals surface area contributed by atoms with Gasteiger partial charge in [-0.2, -0.15) is 0 Å². The van der Waals surface area contributed by atoms with Gasteiger partial charge in [-0.05, 0) is 18.4 Å². The molecule has 0 unspecified atom stereocenters.